The molecule has 0 bridgehead atoms. The Bertz CT molecular complexity index is 608. The number of likely N-dealkylation sites (tertiary alicyclic amines) is 2. The standard InChI is InChI=1S/C19H26N2O3/c1-20-13-16(12-18(20)22)19(23)21-9-7-14(8-10-21)11-15-5-3-4-6-17(15)24-2/h3-6,14,16H,7-13H2,1-2H3. The van der Waals surface area contributed by atoms with Gasteiger partial charge in [-0.3, -0.25) is 9.59 Å². The third-order valence-corrected chi connectivity index (χ3v) is 5.32. The van der Waals surface area contributed by atoms with E-state index in [1.165, 1.54) is 5.56 Å². The Morgan fingerprint density at radius 1 is 1.25 bits per heavy atom. The minimum atomic E-state index is -0.145. The molecule has 2 saturated heterocycles. The fourth-order valence-electron chi connectivity index (χ4n) is 3.83. The molecule has 0 aliphatic carbocycles. The molecule has 0 saturated carbocycles. The molecule has 2 amide bonds. The van der Waals surface area contributed by atoms with E-state index in [9.17, 15) is 9.59 Å². The van der Waals surface area contributed by atoms with Crippen LogP contribution in [0.25, 0.3) is 0 Å². The van der Waals surface area contributed by atoms with Gasteiger partial charge in [-0.25, -0.2) is 0 Å². The highest BCUT2D eigenvalue weighted by atomic mass is 16.5. The molecule has 24 heavy (non-hydrogen) atoms. The summed E-state index contributed by atoms with van der Waals surface area (Å²) >= 11 is 0. The first-order chi connectivity index (χ1) is 11.6. The zero-order chi connectivity index (χ0) is 17.1. The van der Waals surface area contributed by atoms with Crippen molar-refractivity contribution in [3.8, 4) is 5.75 Å². The smallest absolute Gasteiger partial charge is 0.227 e. The SMILES string of the molecule is COc1ccccc1CC1CCN(C(=O)C2CC(=O)N(C)C2)CC1. The van der Waals surface area contributed by atoms with Crippen LogP contribution in [-0.2, 0) is 16.0 Å². The van der Waals surface area contributed by atoms with Crippen molar-refractivity contribution in [2.45, 2.75) is 25.7 Å². The van der Waals surface area contributed by atoms with E-state index < -0.39 is 0 Å². The van der Waals surface area contributed by atoms with E-state index in [-0.39, 0.29) is 17.7 Å². The van der Waals surface area contributed by atoms with Gasteiger partial charge >= 0.3 is 0 Å². The lowest BCUT2D eigenvalue weighted by atomic mass is 9.89. The summed E-state index contributed by atoms with van der Waals surface area (Å²) in [5, 5.41) is 0. The number of para-hydroxylation sites is 1. The predicted molar refractivity (Wildman–Crippen MR) is 91.7 cm³/mol. The molecule has 1 atom stereocenters. The van der Waals surface area contributed by atoms with Crippen molar-refractivity contribution in [2.75, 3.05) is 33.8 Å². The van der Waals surface area contributed by atoms with Crippen molar-refractivity contribution < 1.29 is 14.3 Å². The lowest BCUT2D eigenvalue weighted by Crippen LogP contribution is -2.42. The predicted octanol–water partition coefficient (Wildman–Crippen LogP) is 1.95. The van der Waals surface area contributed by atoms with E-state index in [2.05, 4.69) is 6.07 Å². The highest BCUT2D eigenvalue weighted by Crippen LogP contribution is 2.28. The molecule has 5 heteroatoms. The number of ether oxygens (including phenoxy) is 1. The Hall–Kier alpha value is -2.04. The van der Waals surface area contributed by atoms with Crippen LogP contribution in [0.5, 0.6) is 5.75 Å². The third-order valence-electron chi connectivity index (χ3n) is 5.32. The lowest BCUT2D eigenvalue weighted by Gasteiger charge is -2.33. The molecule has 5 nitrogen and oxygen atoms in total. The summed E-state index contributed by atoms with van der Waals surface area (Å²) in [5.41, 5.74) is 1.24. The van der Waals surface area contributed by atoms with E-state index in [4.69, 9.17) is 4.74 Å². The zero-order valence-corrected chi connectivity index (χ0v) is 14.5. The van der Waals surface area contributed by atoms with Gasteiger partial charge in [-0.1, -0.05) is 18.2 Å². The molecule has 3 rings (SSSR count). The minimum Gasteiger partial charge on any atom is -0.496 e. The normalized spacial score (nSPS) is 22.1. The van der Waals surface area contributed by atoms with Crippen molar-refractivity contribution in [3.63, 3.8) is 0 Å². The van der Waals surface area contributed by atoms with E-state index in [0.717, 1.165) is 38.1 Å². The number of methoxy groups -OCH3 is 1. The highest BCUT2D eigenvalue weighted by Gasteiger charge is 2.35. The maximum Gasteiger partial charge on any atom is 0.227 e. The van der Waals surface area contributed by atoms with Gasteiger partial charge in [0.1, 0.15) is 5.75 Å². The Kier molecular flexibility index (Phi) is 5.07. The van der Waals surface area contributed by atoms with Crippen molar-refractivity contribution >= 4 is 11.8 Å². The number of benzene rings is 1. The van der Waals surface area contributed by atoms with Gasteiger partial charge in [-0.2, -0.15) is 0 Å². The van der Waals surface area contributed by atoms with Crippen LogP contribution >= 0.6 is 0 Å². The summed E-state index contributed by atoms with van der Waals surface area (Å²) in [6.07, 6.45) is 3.40. The number of carbonyl (C=O) groups is 2. The largest absolute Gasteiger partial charge is 0.496 e. The average Bonchev–Trinajstić information content (AvgIpc) is 2.94. The summed E-state index contributed by atoms with van der Waals surface area (Å²) in [6.45, 7) is 2.17. The summed E-state index contributed by atoms with van der Waals surface area (Å²) in [7, 11) is 3.48. The van der Waals surface area contributed by atoms with Crippen molar-refractivity contribution in [2.24, 2.45) is 11.8 Å². The molecule has 2 aliphatic rings. The first-order valence-electron chi connectivity index (χ1n) is 8.73. The van der Waals surface area contributed by atoms with Crippen molar-refractivity contribution in [1.82, 2.24) is 9.80 Å². The zero-order valence-electron chi connectivity index (χ0n) is 14.5. The van der Waals surface area contributed by atoms with Crippen LogP contribution in [0.3, 0.4) is 0 Å². The number of hydrogen-bond donors (Lipinski definition) is 0. The fraction of sp³-hybridized carbons (Fsp3) is 0.579. The quantitative estimate of drug-likeness (QED) is 0.848. The highest BCUT2D eigenvalue weighted by molar-refractivity contribution is 5.89. The number of carbonyl (C=O) groups excluding carboxylic acids is 2. The van der Waals surface area contributed by atoms with Gasteiger partial charge in [-0.05, 0) is 36.8 Å². The molecule has 0 aromatic heterocycles. The van der Waals surface area contributed by atoms with Crippen LogP contribution < -0.4 is 4.74 Å². The van der Waals surface area contributed by atoms with Crippen LogP contribution in [0, 0.1) is 11.8 Å². The molecule has 0 N–H and O–H groups in total. The number of piperidine rings is 1. The van der Waals surface area contributed by atoms with Crippen LogP contribution in [0.15, 0.2) is 24.3 Å². The number of amides is 2. The van der Waals surface area contributed by atoms with Crippen molar-refractivity contribution in [3.05, 3.63) is 29.8 Å². The van der Waals surface area contributed by atoms with Crippen LogP contribution in [0.2, 0.25) is 0 Å². The molecule has 130 valence electrons. The molecule has 1 aromatic carbocycles. The van der Waals surface area contributed by atoms with E-state index in [1.54, 1.807) is 19.1 Å². The maximum absolute atomic E-state index is 12.6. The molecule has 2 aliphatic heterocycles. The molecule has 0 radical (unpaired) electrons. The van der Waals surface area contributed by atoms with Crippen LogP contribution in [0.1, 0.15) is 24.8 Å². The monoisotopic (exact) mass is 330 g/mol. The Morgan fingerprint density at radius 2 is 1.96 bits per heavy atom. The second kappa shape index (κ2) is 7.24. The summed E-state index contributed by atoms with van der Waals surface area (Å²) in [5.74, 6) is 1.62. The summed E-state index contributed by atoms with van der Waals surface area (Å²) < 4.78 is 5.43. The van der Waals surface area contributed by atoms with E-state index >= 15 is 0 Å². The number of rotatable bonds is 4. The second-order valence-electron chi connectivity index (χ2n) is 6.96. The Morgan fingerprint density at radius 3 is 2.58 bits per heavy atom. The van der Waals surface area contributed by atoms with E-state index in [0.29, 0.717) is 18.9 Å². The number of nitrogens with zero attached hydrogens (tertiary/aromatic N) is 2. The van der Waals surface area contributed by atoms with Crippen LogP contribution in [0.4, 0.5) is 0 Å². The third kappa shape index (κ3) is 3.55. The summed E-state index contributed by atoms with van der Waals surface area (Å²) in [6, 6.07) is 8.16. The topological polar surface area (TPSA) is 49.9 Å². The second-order valence-corrected chi connectivity index (χ2v) is 6.96. The first-order valence-corrected chi connectivity index (χ1v) is 8.73. The molecule has 1 aromatic rings. The van der Waals surface area contributed by atoms with Gasteiger partial charge in [-0.15, -0.1) is 0 Å². The molecular weight excluding hydrogens is 304 g/mol. The van der Waals surface area contributed by atoms with Gasteiger partial charge in [0.15, 0.2) is 0 Å². The van der Waals surface area contributed by atoms with Crippen molar-refractivity contribution in [1.29, 1.82) is 0 Å². The Labute approximate surface area is 143 Å². The van der Waals surface area contributed by atoms with Gasteiger partial charge in [0, 0.05) is 33.1 Å². The van der Waals surface area contributed by atoms with Gasteiger partial charge in [0.25, 0.3) is 0 Å². The first kappa shape index (κ1) is 16.8. The van der Waals surface area contributed by atoms with Crippen LogP contribution in [-0.4, -0.2) is 55.4 Å². The molecule has 2 fully saturated rings. The number of hydrogen-bond acceptors (Lipinski definition) is 3. The van der Waals surface area contributed by atoms with Gasteiger partial charge in [0.05, 0.1) is 13.0 Å². The molecule has 2 heterocycles. The summed E-state index contributed by atoms with van der Waals surface area (Å²) in [4.78, 5) is 27.8. The molecule has 0 spiro atoms. The Balaban J connectivity index is 1.52. The average molecular weight is 330 g/mol. The molecular formula is C19H26N2O3. The lowest BCUT2D eigenvalue weighted by molar-refractivity contribution is -0.137. The maximum atomic E-state index is 12.6. The fourth-order valence-corrected chi connectivity index (χ4v) is 3.83. The minimum absolute atomic E-state index is 0.0828. The van der Waals surface area contributed by atoms with Gasteiger partial charge in [0.2, 0.25) is 11.8 Å². The molecule has 1 unspecified atom stereocenters. The van der Waals surface area contributed by atoms with Gasteiger partial charge < -0.3 is 14.5 Å². The van der Waals surface area contributed by atoms with E-state index in [1.807, 2.05) is 23.1 Å².